The SMILES string of the molecule is C[C@@H](NS(=O)(=O)c1ccc([N+](=O)[O-])c(F)c1)C(=O)O. The van der Waals surface area contributed by atoms with Gasteiger partial charge in [-0.2, -0.15) is 9.11 Å². The molecule has 0 aliphatic rings. The lowest BCUT2D eigenvalue weighted by Crippen LogP contribution is -2.38. The summed E-state index contributed by atoms with van der Waals surface area (Å²) in [6.07, 6.45) is 0. The van der Waals surface area contributed by atoms with Crippen LogP contribution in [0, 0.1) is 15.9 Å². The Morgan fingerprint density at radius 2 is 2.11 bits per heavy atom. The zero-order valence-corrected chi connectivity index (χ0v) is 10.3. The zero-order valence-electron chi connectivity index (χ0n) is 9.53. The quantitative estimate of drug-likeness (QED) is 0.600. The monoisotopic (exact) mass is 292 g/mol. The van der Waals surface area contributed by atoms with Gasteiger partial charge in [0.05, 0.1) is 9.82 Å². The van der Waals surface area contributed by atoms with E-state index in [0.29, 0.717) is 12.1 Å². The summed E-state index contributed by atoms with van der Waals surface area (Å²) in [5.41, 5.74) is -0.870. The molecule has 0 fully saturated rings. The fraction of sp³-hybridized carbons (Fsp3) is 0.222. The van der Waals surface area contributed by atoms with E-state index in [1.54, 1.807) is 4.72 Å². The van der Waals surface area contributed by atoms with Crippen molar-refractivity contribution in [2.75, 3.05) is 0 Å². The van der Waals surface area contributed by atoms with Crippen molar-refractivity contribution in [3.63, 3.8) is 0 Å². The fourth-order valence-corrected chi connectivity index (χ4v) is 2.36. The van der Waals surface area contributed by atoms with Crippen LogP contribution in [0.1, 0.15) is 6.92 Å². The number of carboxylic acids is 1. The number of nitro groups is 1. The van der Waals surface area contributed by atoms with Gasteiger partial charge in [0, 0.05) is 12.1 Å². The Morgan fingerprint density at radius 1 is 1.53 bits per heavy atom. The second kappa shape index (κ2) is 5.28. The molecule has 0 radical (unpaired) electrons. The lowest BCUT2D eigenvalue weighted by molar-refractivity contribution is -0.387. The summed E-state index contributed by atoms with van der Waals surface area (Å²) >= 11 is 0. The first-order valence-electron chi connectivity index (χ1n) is 4.84. The number of benzene rings is 1. The predicted molar refractivity (Wildman–Crippen MR) is 60.5 cm³/mol. The molecule has 8 nitrogen and oxygen atoms in total. The van der Waals surface area contributed by atoms with Gasteiger partial charge in [-0.3, -0.25) is 14.9 Å². The van der Waals surface area contributed by atoms with Gasteiger partial charge < -0.3 is 5.11 Å². The Bertz CT molecular complexity index is 630. The van der Waals surface area contributed by atoms with E-state index in [0.717, 1.165) is 13.0 Å². The number of nitrogens with zero attached hydrogens (tertiary/aromatic N) is 1. The van der Waals surface area contributed by atoms with Gasteiger partial charge in [-0.05, 0) is 13.0 Å². The lowest BCUT2D eigenvalue weighted by Gasteiger charge is -2.10. The van der Waals surface area contributed by atoms with Gasteiger partial charge in [0.2, 0.25) is 15.8 Å². The smallest absolute Gasteiger partial charge is 0.321 e. The van der Waals surface area contributed by atoms with E-state index >= 15 is 0 Å². The van der Waals surface area contributed by atoms with Crippen LogP contribution in [0.3, 0.4) is 0 Å². The third-order valence-electron chi connectivity index (χ3n) is 2.13. The number of sulfonamides is 1. The Labute approximate surface area is 107 Å². The molecule has 0 saturated heterocycles. The number of nitro benzene ring substituents is 1. The Balaban J connectivity index is 3.13. The molecule has 0 aliphatic carbocycles. The van der Waals surface area contributed by atoms with Gasteiger partial charge in [0.25, 0.3) is 0 Å². The molecule has 0 bridgehead atoms. The molecule has 0 amide bonds. The fourth-order valence-electron chi connectivity index (χ4n) is 1.15. The summed E-state index contributed by atoms with van der Waals surface area (Å²) in [4.78, 5) is 19.3. The average molecular weight is 292 g/mol. The molecule has 1 aromatic carbocycles. The van der Waals surface area contributed by atoms with Crippen LogP contribution in [0.25, 0.3) is 0 Å². The summed E-state index contributed by atoms with van der Waals surface area (Å²) in [7, 11) is -4.26. The molecule has 0 unspecified atom stereocenters. The summed E-state index contributed by atoms with van der Waals surface area (Å²) in [6, 6.07) is 0.547. The number of aliphatic carboxylic acids is 1. The van der Waals surface area contributed by atoms with Crippen LogP contribution in [-0.4, -0.2) is 30.5 Å². The Morgan fingerprint density at radius 3 is 2.53 bits per heavy atom. The number of carbonyl (C=O) groups is 1. The van der Waals surface area contributed by atoms with E-state index in [2.05, 4.69) is 0 Å². The van der Waals surface area contributed by atoms with Crippen molar-refractivity contribution in [1.29, 1.82) is 0 Å². The Hall–Kier alpha value is -2.07. The van der Waals surface area contributed by atoms with Crippen LogP contribution >= 0.6 is 0 Å². The van der Waals surface area contributed by atoms with Crippen LogP contribution < -0.4 is 4.72 Å². The summed E-state index contributed by atoms with van der Waals surface area (Å²) in [5.74, 6) is -2.73. The van der Waals surface area contributed by atoms with Crippen molar-refractivity contribution in [2.24, 2.45) is 0 Å². The first-order chi connectivity index (χ1) is 8.65. The van der Waals surface area contributed by atoms with Crippen molar-refractivity contribution in [1.82, 2.24) is 4.72 Å². The van der Waals surface area contributed by atoms with Gasteiger partial charge >= 0.3 is 11.7 Å². The molecule has 0 spiro atoms. The van der Waals surface area contributed by atoms with Crippen LogP contribution in [0.2, 0.25) is 0 Å². The van der Waals surface area contributed by atoms with Crippen molar-refractivity contribution >= 4 is 21.7 Å². The number of hydrogen-bond donors (Lipinski definition) is 2. The highest BCUT2D eigenvalue weighted by Gasteiger charge is 2.24. The van der Waals surface area contributed by atoms with Crippen LogP contribution in [0.5, 0.6) is 0 Å². The van der Waals surface area contributed by atoms with Gasteiger partial charge in [0.1, 0.15) is 6.04 Å². The molecular weight excluding hydrogens is 283 g/mol. The molecule has 19 heavy (non-hydrogen) atoms. The van der Waals surface area contributed by atoms with E-state index in [1.165, 1.54) is 0 Å². The maximum Gasteiger partial charge on any atom is 0.321 e. The molecule has 0 heterocycles. The molecule has 0 aliphatic heterocycles. The van der Waals surface area contributed by atoms with Crippen LogP contribution in [-0.2, 0) is 14.8 Å². The number of rotatable bonds is 5. The normalized spacial score (nSPS) is 12.9. The molecule has 1 rings (SSSR count). The van der Waals surface area contributed by atoms with Crippen LogP contribution in [0.15, 0.2) is 23.1 Å². The van der Waals surface area contributed by atoms with Gasteiger partial charge in [-0.1, -0.05) is 0 Å². The maximum atomic E-state index is 13.3. The number of halogens is 1. The average Bonchev–Trinajstić information content (AvgIpc) is 2.27. The molecule has 1 aromatic rings. The Kier molecular flexibility index (Phi) is 4.17. The first-order valence-corrected chi connectivity index (χ1v) is 6.32. The summed E-state index contributed by atoms with van der Waals surface area (Å²) < 4.78 is 38.4. The largest absolute Gasteiger partial charge is 0.480 e. The van der Waals surface area contributed by atoms with E-state index in [4.69, 9.17) is 5.11 Å². The second-order valence-electron chi connectivity index (χ2n) is 3.55. The molecule has 10 heteroatoms. The highest BCUT2D eigenvalue weighted by molar-refractivity contribution is 7.89. The first kappa shape index (κ1) is 15.0. The van der Waals surface area contributed by atoms with Crippen molar-refractivity contribution in [3.8, 4) is 0 Å². The van der Waals surface area contributed by atoms with Crippen molar-refractivity contribution < 1.29 is 27.6 Å². The molecular formula is C9H9FN2O6S. The van der Waals surface area contributed by atoms with Gasteiger partial charge in [-0.25, -0.2) is 8.42 Å². The minimum Gasteiger partial charge on any atom is -0.480 e. The third kappa shape index (κ3) is 3.45. The molecule has 2 N–H and O–H groups in total. The highest BCUT2D eigenvalue weighted by Crippen LogP contribution is 2.20. The van der Waals surface area contributed by atoms with Gasteiger partial charge in [-0.15, -0.1) is 0 Å². The van der Waals surface area contributed by atoms with Gasteiger partial charge in [0.15, 0.2) is 0 Å². The summed E-state index contributed by atoms with van der Waals surface area (Å²) in [5, 5.41) is 18.9. The van der Waals surface area contributed by atoms with E-state index in [9.17, 15) is 27.7 Å². The zero-order chi connectivity index (χ0) is 14.8. The lowest BCUT2D eigenvalue weighted by atomic mass is 10.3. The summed E-state index contributed by atoms with van der Waals surface area (Å²) in [6.45, 7) is 1.08. The molecule has 0 saturated carbocycles. The second-order valence-corrected chi connectivity index (χ2v) is 5.27. The van der Waals surface area contributed by atoms with E-state index in [-0.39, 0.29) is 0 Å². The molecule has 1 atom stereocenters. The van der Waals surface area contributed by atoms with Crippen LogP contribution in [0.4, 0.5) is 10.1 Å². The van der Waals surface area contributed by atoms with Crippen molar-refractivity contribution in [2.45, 2.75) is 17.9 Å². The minimum atomic E-state index is -4.26. The molecule has 104 valence electrons. The number of hydrogen-bond acceptors (Lipinski definition) is 5. The highest BCUT2D eigenvalue weighted by atomic mass is 32.2. The number of nitrogens with one attached hydrogen (secondary N) is 1. The molecule has 0 aromatic heterocycles. The number of carboxylic acid groups (broad SMARTS) is 1. The third-order valence-corrected chi connectivity index (χ3v) is 3.67. The minimum absolute atomic E-state index is 0.453. The maximum absolute atomic E-state index is 13.3. The van der Waals surface area contributed by atoms with E-state index < -0.39 is 43.4 Å². The predicted octanol–water partition coefficient (Wildman–Crippen LogP) is 0.485. The van der Waals surface area contributed by atoms with E-state index in [1.807, 2.05) is 0 Å². The topological polar surface area (TPSA) is 127 Å². The van der Waals surface area contributed by atoms with Crippen molar-refractivity contribution in [3.05, 3.63) is 34.1 Å². The standard InChI is InChI=1S/C9H9FN2O6S/c1-5(9(13)14)11-19(17,18)6-2-3-8(12(15)16)7(10)4-6/h2-5,11H,1H3,(H,13,14)/t5-/m1/s1.